The predicted molar refractivity (Wildman–Crippen MR) is 93.1 cm³/mol. The van der Waals surface area contributed by atoms with Crippen LogP contribution < -0.4 is 9.62 Å². The normalized spacial score (nSPS) is 18.1. The van der Waals surface area contributed by atoms with Crippen LogP contribution in [0.4, 0.5) is 10.1 Å². The number of hydrogen-bond acceptors (Lipinski definition) is 3. The Hall–Kier alpha value is -1.92. The van der Waals surface area contributed by atoms with Gasteiger partial charge in [-0.2, -0.15) is 0 Å². The molecule has 1 aliphatic rings. The summed E-state index contributed by atoms with van der Waals surface area (Å²) in [6.07, 6.45) is 0.910. The van der Waals surface area contributed by atoms with E-state index in [0.29, 0.717) is 11.4 Å². The molecule has 2 aromatic carbocycles. The molecular formula is C18H21FN2O2S. The molecule has 0 saturated carbocycles. The molecule has 24 heavy (non-hydrogen) atoms. The van der Waals surface area contributed by atoms with Crippen LogP contribution >= 0.6 is 0 Å². The Bertz CT molecular complexity index is 806. The van der Waals surface area contributed by atoms with Crippen LogP contribution in [0.25, 0.3) is 0 Å². The lowest BCUT2D eigenvalue weighted by molar-refractivity contribution is 0.541. The Morgan fingerprint density at radius 3 is 2.58 bits per heavy atom. The molecule has 1 fully saturated rings. The Morgan fingerprint density at radius 1 is 1.17 bits per heavy atom. The van der Waals surface area contributed by atoms with E-state index >= 15 is 0 Å². The highest BCUT2D eigenvalue weighted by atomic mass is 32.2. The summed E-state index contributed by atoms with van der Waals surface area (Å²) in [5.74, 6) is -0.00525. The SMILES string of the molecule is Cc1ccccc1S(=O)(=O)NCC1CCN(c2ccc(F)cc2)C1. The van der Waals surface area contributed by atoms with Gasteiger partial charge in [-0.1, -0.05) is 18.2 Å². The van der Waals surface area contributed by atoms with Crippen LogP contribution in [0.1, 0.15) is 12.0 Å². The van der Waals surface area contributed by atoms with E-state index < -0.39 is 10.0 Å². The van der Waals surface area contributed by atoms with Crippen LogP contribution in [0.2, 0.25) is 0 Å². The Morgan fingerprint density at radius 2 is 1.88 bits per heavy atom. The lowest BCUT2D eigenvalue weighted by atomic mass is 10.1. The number of anilines is 1. The minimum atomic E-state index is -3.48. The highest BCUT2D eigenvalue weighted by Gasteiger charge is 2.25. The molecule has 0 aliphatic carbocycles. The molecule has 0 spiro atoms. The molecule has 0 aromatic heterocycles. The molecule has 1 N–H and O–H groups in total. The van der Waals surface area contributed by atoms with Crippen molar-refractivity contribution in [3.63, 3.8) is 0 Å². The zero-order chi connectivity index (χ0) is 17.2. The zero-order valence-corrected chi connectivity index (χ0v) is 14.4. The van der Waals surface area contributed by atoms with Gasteiger partial charge in [0.05, 0.1) is 4.90 Å². The molecule has 2 aromatic rings. The van der Waals surface area contributed by atoms with E-state index in [1.807, 2.05) is 6.07 Å². The number of rotatable bonds is 5. The van der Waals surface area contributed by atoms with Crippen LogP contribution in [0.5, 0.6) is 0 Å². The molecule has 1 heterocycles. The van der Waals surface area contributed by atoms with E-state index in [1.165, 1.54) is 12.1 Å². The van der Waals surface area contributed by atoms with Crippen LogP contribution in [-0.4, -0.2) is 28.1 Å². The second-order valence-electron chi connectivity index (χ2n) is 6.19. The second kappa shape index (κ2) is 6.91. The molecule has 0 bridgehead atoms. The average molecular weight is 348 g/mol. The third kappa shape index (κ3) is 3.76. The summed E-state index contributed by atoms with van der Waals surface area (Å²) in [6.45, 7) is 3.82. The Kier molecular flexibility index (Phi) is 4.87. The maximum absolute atomic E-state index is 13.0. The van der Waals surface area contributed by atoms with E-state index in [9.17, 15) is 12.8 Å². The van der Waals surface area contributed by atoms with Gasteiger partial charge < -0.3 is 4.90 Å². The van der Waals surface area contributed by atoms with Crippen LogP contribution in [0, 0.1) is 18.7 Å². The van der Waals surface area contributed by atoms with E-state index in [1.54, 1.807) is 37.3 Å². The van der Waals surface area contributed by atoms with Crippen molar-refractivity contribution < 1.29 is 12.8 Å². The number of hydrogen-bond donors (Lipinski definition) is 1. The molecule has 4 nitrogen and oxygen atoms in total. The summed E-state index contributed by atoms with van der Waals surface area (Å²) in [5.41, 5.74) is 1.71. The van der Waals surface area contributed by atoms with Gasteiger partial charge in [0.15, 0.2) is 0 Å². The first-order valence-electron chi connectivity index (χ1n) is 8.01. The number of nitrogens with one attached hydrogen (secondary N) is 1. The number of halogens is 1. The van der Waals surface area contributed by atoms with Gasteiger partial charge in [0.2, 0.25) is 10.0 Å². The quantitative estimate of drug-likeness (QED) is 0.904. The van der Waals surface area contributed by atoms with Crippen molar-refractivity contribution in [3.05, 3.63) is 59.9 Å². The third-order valence-corrected chi connectivity index (χ3v) is 6.01. The fourth-order valence-electron chi connectivity index (χ4n) is 3.05. The standard InChI is InChI=1S/C18H21FN2O2S/c1-14-4-2-3-5-18(14)24(22,23)20-12-15-10-11-21(13-15)17-8-6-16(19)7-9-17/h2-9,15,20H,10-13H2,1H3. The van der Waals surface area contributed by atoms with Gasteiger partial charge in [0, 0.05) is 25.3 Å². The van der Waals surface area contributed by atoms with E-state index in [4.69, 9.17) is 0 Å². The van der Waals surface area contributed by atoms with Crippen molar-refractivity contribution in [1.82, 2.24) is 4.72 Å². The lowest BCUT2D eigenvalue weighted by Crippen LogP contribution is -2.31. The maximum Gasteiger partial charge on any atom is 0.240 e. The average Bonchev–Trinajstić information content (AvgIpc) is 3.03. The number of nitrogens with zero attached hydrogens (tertiary/aromatic N) is 1. The molecule has 1 unspecified atom stereocenters. The van der Waals surface area contributed by atoms with Gasteiger partial charge in [-0.25, -0.2) is 17.5 Å². The van der Waals surface area contributed by atoms with Gasteiger partial charge in [-0.3, -0.25) is 0 Å². The number of sulfonamides is 1. The molecule has 3 rings (SSSR count). The fourth-order valence-corrected chi connectivity index (χ4v) is 4.41. The van der Waals surface area contributed by atoms with Gasteiger partial charge in [-0.05, 0) is 55.2 Å². The Balaban J connectivity index is 1.60. The lowest BCUT2D eigenvalue weighted by Gasteiger charge is -2.19. The summed E-state index contributed by atoms with van der Waals surface area (Å²) in [5, 5.41) is 0. The van der Waals surface area contributed by atoms with Crippen molar-refractivity contribution >= 4 is 15.7 Å². The molecule has 0 radical (unpaired) electrons. The first kappa shape index (κ1) is 16.9. The predicted octanol–water partition coefficient (Wildman–Crippen LogP) is 2.94. The van der Waals surface area contributed by atoms with Gasteiger partial charge in [0.25, 0.3) is 0 Å². The molecule has 6 heteroatoms. The van der Waals surface area contributed by atoms with Crippen LogP contribution in [-0.2, 0) is 10.0 Å². The van der Waals surface area contributed by atoms with Gasteiger partial charge >= 0.3 is 0 Å². The molecule has 0 amide bonds. The van der Waals surface area contributed by atoms with E-state index in [-0.39, 0.29) is 11.7 Å². The highest BCUT2D eigenvalue weighted by Crippen LogP contribution is 2.24. The topological polar surface area (TPSA) is 49.4 Å². The maximum atomic E-state index is 13.0. The smallest absolute Gasteiger partial charge is 0.240 e. The number of benzene rings is 2. The molecule has 128 valence electrons. The number of aryl methyl sites for hydroxylation is 1. The largest absolute Gasteiger partial charge is 0.371 e. The van der Waals surface area contributed by atoms with E-state index in [2.05, 4.69) is 9.62 Å². The first-order chi connectivity index (χ1) is 11.5. The zero-order valence-electron chi connectivity index (χ0n) is 13.6. The Labute approximate surface area is 142 Å². The summed E-state index contributed by atoms with van der Waals surface area (Å²) in [4.78, 5) is 2.49. The monoisotopic (exact) mass is 348 g/mol. The van der Waals surface area contributed by atoms with Crippen LogP contribution in [0.3, 0.4) is 0 Å². The fraction of sp³-hybridized carbons (Fsp3) is 0.333. The second-order valence-corrected chi connectivity index (χ2v) is 7.93. The van der Waals surface area contributed by atoms with E-state index in [0.717, 1.165) is 30.8 Å². The van der Waals surface area contributed by atoms with Crippen LogP contribution in [0.15, 0.2) is 53.4 Å². The van der Waals surface area contributed by atoms with Gasteiger partial charge in [-0.15, -0.1) is 0 Å². The van der Waals surface area contributed by atoms with Crippen molar-refractivity contribution in [2.45, 2.75) is 18.2 Å². The summed E-state index contributed by atoms with van der Waals surface area (Å²) >= 11 is 0. The third-order valence-electron chi connectivity index (χ3n) is 4.42. The van der Waals surface area contributed by atoms with Crippen molar-refractivity contribution in [1.29, 1.82) is 0 Å². The first-order valence-corrected chi connectivity index (χ1v) is 9.50. The van der Waals surface area contributed by atoms with Crippen molar-refractivity contribution in [2.24, 2.45) is 5.92 Å². The molecule has 1 saturated heterocycles. The highest BCUT2D eigenvalue weighted by molar-refractivity contribution is 7.89. The van der Waals surface area contributed by atoms with Crippen molar-refractivity contribution in [2.75, 3.05) is 24.5 Å². The van der Waals surface area contributed by atoms with Crippen molar-refractivity contribution in [3.8, 4) is 0 Å². The minimum Gasteiger partial charge on any atom is -0.371 e. The summed E-state index contributed by atoms with van der Waals surface area (Å²) in [7, 11) is -3.48. The minimum absolute atomic E-state index is 0.244. The molecule has 1 atom stereocenters. The molecule has 1 aliphatic heterocycles. The summed E-state index contributed by atoms with van der Waals surface area (Å²) in [6, 6.07) is 13.4. The summed E-state index contributed by atoms with van der Waals surface area (Å²) < 4.78 is 40.6. The molecular weight excluding hydrogens is 327 g/mol. The van der Waals surface area contributed by atoms with Gasteiger partial charge in [0.1, 0.15) is 5.82 Å².